The number of ether oxygens (including phenoxy) is 2. The minimum absolute atomic E-state index is 0.369. The van der Waals surface area contributed by atoms with Gasteiger partial charge in [0.15, 0.2) is 0 Å². The fraction of sp³-hybridized carbons (Fsp3) is 0.417. The van der Waals surface area contributed by atoms with E-state index in [1.54, 1.807) is 36.3 Å². The standard InChI is InChI=1S/C12H17N3O3/c1-4-18-9-15(2)14-13-11-7-5-10(6-8-11)12(16)17-3/h5-8H,4,9H2,1-3H3. The van der Waals surface area contributed by atoms with Crippen molar-refractivity contribution in [3.8, 4) is 0 Å². The van der Waals surface area contributed by atoms with Crippen LogP contribution in [0.25, 0.3) is 0 Å². The van der Waals surface area contributed by atoms with E-state index in [9.17, 15) is 4.79 Å². The van der Waals surface area contributed by atoms with E-state index in [4.69, 9.17) is 4.74 Å². The predicted molar refractivity (Wildman–Crippen MR) is 66.6 cm³/mol. The Morgan fingerprint density at radius 3 is 2.56 bits per heavy atom. The Labute approximate surface area is 106 Å². The number of nitrogens with zero attached hydrogens (tertiary/aromatic N) is 3. The van der Waals surface area contributed by atoms with Crippen molar-refractivity contribution in [1.29, 1.82) is 0 Å². The Morgan fingerprint density at radius 2 is 2.00 bits per heavy atom. The van der Waals surface area contributed by atoms with Crippen LogP contribution < -0.4 is 0 Å². The molecule has 0 aliphatic carbocycles. The van der Waals surface area contributed by atoms with E-state index >= 15 is 0 Å². The van der Waals surface area contributed by atoms with Crippen LogP contribution in [0.15, 0.2) is 34.6 Å². The van der Waals surface area contributed by atoms with Gasteiger partial charge in [-0.3, -0.25) is 5.01 Å². The monoisotopic (exact) mass is 251 g/mol. The van der Waals surface area contributed by atoms with Gasteiger partial charge in [0.2, 0.25) is 0 Å². The van der Waals surface area contributed by atoms with Crippen molar-refractivity contribution in [3.63, 3.8) is 0 Å². The molecule has 1 aromatic carbocycles. The van der Waals surface area contributed by atoms with Crippen LogP contribution in [0.4, 0.5) is 5.69 Å². The summed E-state index contributed by atoms with van der Waals surface area (Å²) in [6, 6.07) is 6.68. The molecule has 1 rings (SSSR count). The lowest BCUT2D eigenvalue weighted by Crippen LogP contribution is -2.14. The summed E-state index contributed by atoms with van der Waals surface area (Å²) in [5, 5.41) is 9.53. The smallest absolute Gasteiger partial charge is 0.337 e. The molecule has 0 saturated heterocycles. The molecule has 1 aromatic rings. The molecule has 0 spiro atoms. The first-order chi connectivity index (χ1) is 8.67. The average Bonchev–Trinajstić information content (AvgIpc) is 2.42. The van der Waals surface area contributed by atoms with Gasteiger partial charge in [-0.1, -0.05) is 5.22 Å². The van der Waals surface area contributed by atoms with Crippen molar-refractivity contribution < 1.29 is 14.3 Å². The van der Waals surface area contributed by atoms with Crippen molar-refractivity contribution in [2.45, 2.75) is 6.92 Å². The molecular weight excluding hydrogens is 234 g/mol. The van der Waals surface area contributed by atoms with Crippen LogP contribution in [-0.4, -0.2) is 38.5 Å². The molecule has 0 unspecified atom stereocenters. The minimum Gasteiger partial charge on any atom is -0.465 e. The Kier molecular flexibility index (Phi) is 5.79. The van der Waals surface area contributed by atoms with E-state index in [1.165, 1.54) is 7.11 Å². The van der Waals surface area contributed by atoms with Crippen LogP contribution in [0.5, 0.6) is 0 Å². The van der Waals surface area contributed by atoms with Crippen LogP contribution in [0.2, 0.25) is 0 Å². The second kappa shape index (κ2) is 7.39. The van der Waals surface area contributed by atoms with Gasteiger partial charge in [-0.2, -0.15) is 0 Å². The normalized spacial score (nSPS) is 10.6. The van der Waals surface area contributed by atoms with Crippen LogP contribution in [-0.2, 0) is 9.47 Å². The Morgan fingerprint density at radius 1 is 1.33 bits per heavy atom. The number of benzene rings is 1. The number of methoxy groups -OCH3 is 1. The lowest BCUT2D eigenvalue weighted by molar-refractivity contribution is 0.0480. The zero-order chi connectivity index (χ0) is 13.4. The average molecular weight is 251 g/mol. The predicted octanol–water partition coefficient (Wildman–Crippen LogP) is 2.40. The number of esters is 1. The first kappa shape index (κ1) is 14.1. The molecule has 0 bridgehead atoms. The molecule has 0 aliphatic heterocycles. The highest BCUT2D eigenvalue weighted by atomic mass is 16.5. The summed E-state index contributed by atoms with van der Waals surface area (Å²) in [7, 11) is 3.11. The zero-order valence-electron chi connectivity index (χ0n) is 10.8. The lowest BCUT2D eigenvalue weighted by Gasteiger charge is -2.09. The minimum atomic E-state index is -0.369. The molecule has 0 aliphatic rings. The highest BCUT2D eigenvalue weighted by molar-refractivity contribution is 5.89. The topological polar surface area (TPSA) is 63.5 Å². The second-order valence-corrected chi connectivity index (χ2v) is 3.51. The molecule has 0 fully saturated rings. The number of hydrogen-bond donors (Lipinski definition) is 0. The quantitative estimate of drug-likeness (QED) is 0.337. The summed E-state index contributed by atoms with van der Waals surface area (Å²) >= 11 is 0. The Bertz CT molecular complexity index is 404. The van der Waals surface area contributed by atoms with Gasteiger partial charge in [-0.05, 0) is 31.2 Å². The fourth-order valence-electron chi connectivity index (χ4n) is 1.16. The first-order valence-corrected chi connectivity index (χ1v) is 5.56. The molecule has 98 valence electrons. The van der Waals surface area contributed by atoms with Crippen molar-refractivity contribution in [1.82, 2.24) is 5.01 Å². The van der Waals surface area contributed by atoms with E-state index in [1.807, 2.05) is 6.92 Å². The number of rotatable bonds is 6. The number of carbonyl (C=O) groups is 1. The molecule has 0 radical (unpaired) electrons. The molecule has 0 saturated carbocycles. The maximum Gasteiger partial charge on any atom is 0.337 e. The molecule has 6 heteroatoms. The van der Waals surface area contributed by atoms with E-state index in [0.29, 0.717) is 24.6 Å². The van der Waals surface area contributed by atoms with Crippen molar-refractivity contribution >= 4 is 11.7 Å². The van der Waals surface area contributed by atoms with Crippen LogP contribution >= 0.6 is 0 Å². The summed E-state index contributed by atoms with van der Waals surface area (Å²) in [6.07, 6.45) is 0. The molecule has 6 nitrogen and oxygen atoms in total. The SMILES string of the molecule is CCOCN(C)N=Nc1ccc(C(=O)OC)cc1. The first-order valence-electron chi connectivity index (χ1n) is 5.56. The third-order valence-corrected chi connectivity index (χ3v) is 2.08. The van der Waals surface area contributed by atoms with Gasteiger partial charge in [0.25, 0.3) is 0 Å². The zero-order valence-corrected chi connectivity index (χ0v) is 10.8. The van der Waals surface area contributed by atoms with Crippen LogP contribution in [0.1, 0.15) is 17.3 Å². The molecular formula is C12H17N3O3. The highest BCUT2D eigenvalue weighted by Gasteiger charge is 2.03. The van der Waals surface area contributed by atoms with E-state index < -0.39 is 0 Å². The molecule has 18 heavy (non-hydrogen) atoms. The maximum absolute atomic E-state index is 11.2. The van der Waals surface area contributed by atoms with Gasteiger partial charge in [0.1, 0.15) is 6.73 Å². The Balaban J connectivity index is 2.58. The fourth-order valence-corrected chi connectivity index (χ4v) is 1.16. The van der Waals surface area contributed by atoms with Gasteiger partial charge in [-0.15, -0.1) is 5.11 Å². The van der Waals surface area contributed by atoms with E-state index in [-0.39, 0.29) is 5.97 Å². The van der Waals surface area contributed by atoms with Gasteiger partial charge in [-0.25, -0.2) is 4.79 Å². The molecule has 0 aromatic heterocycles. The van der Waals surface area contributed by atoms with Gasteiger partial charge in [0, 0.05) is 13.7 Å². The van der Waals surface area contributed by atoms with Crippen molar-refractivity contribution in [2.75, 3.05) is 27.5 Å². The van der Waals surface area contributed by atoms with Crippen molar-refractivity contribution in [3.05, 3.63) is 29.8 Å². The van der Waals surface area contributed by atoms with Gasteiger partial charge in [0.05, 0.1) is 18.4 Å². The van der Waals surface area contributed by atoms with Gasteiger partial charge >= 0.3 is 5.97 Å². The van der Waals surface area contributed by atoms with Crippen LogP contribution in [0.3, 0.4) is 0 Å². The largest absolute Gasteiger partial charge is 0.465 e. The van der Waals surface area contributed by atoms with Crippen molar-refractivity contribution in [2.24, 2.45) is 10.3 Å². The summed E-state index contributed by atoms with van der Waals surface area (Å²) in [5.41, 5.74) is 1.14. The summed E-state index contributed by atoms with van der Waals surface area (Å²) in [5.74, 6) is -0.369. The van der Waals surface area contributed by atoms with Gasteiger partial charge < -0.3 is 9.47 Å². The molecule has 0 amide bonds. The summed E-state index contributed by atoms with van der Waals surface area (Å²) in [6.45, 7) is 2.93. The molecule has 0 heterocycles. The highest BCUT2D eigenvalue weighted by Crippen LogP contribution is 2.14. The number of carbonyl (C=O) groups excluding carboxylic acids is 1. The molecule has 0 atom stereocenters. The third-order valence-electron chi connectivity index (χ3n) is 2.08. The summed E-state index contributed by atoms with van der Waals surface area (Å²) < 4.78 is 9.76. The Hall–Kier alpha value is -1.95. The lowest BCUT2D eigenvalue weighted by atomic mass is 10.2. The molecule has 0 N–H and O–H groups in total. The van der Waals surface area contributed by atoms with Crippen LogP contribution in [0, 0.1) is 0 Å². The third kappa shape index (κ3) is 4.50. The maximum atomic E-state index is 11.2. The number of hydrogen-bond acceptors (Lipinski definition) is 5. The second-order valence-electron chi connectivity index (χ2n) is 3.51. The van der Waals surface area contributed by atoms with E-state index in [2.05, 4.69) is 15.1 Å². The van der Waals surface area contributed by atoms with E-state index in [0.717, 1.165) is 0 Å². The summed E-state index contributed by atoms with van der Waals surface area (Å²) in [4.78, 5) is 11.2.